The smallest absolute Gasteiger partial charge is 0.240 e. The summed E-state index contributed by atoms with van der Waals surface area (Å²) in [5, 5.41) is 2.91. The molecule has 2 aromatic carbocycles. The first-order valence-corrected chi connectivity index (χ1v) is 9.56. The van der Waals surface area contributed by atoms with E-state index in [1.807, 2.05) is 55.5 Å². The lowest BCUT2D eigenvalue weighted by atomic mass is 10.1. The molecule has 0 saturated carbocycles. The number of hydrogen-bond acceptors (Lipinski definition) is 4. The molecular weight excluding hydrogens is 354 g/mol. The summed E-state index contributed by atoms with van der Waals surface area (Å²) in [6, 6.07) is 15.7. The Morgan fingerprint density at radius 3 is 2.57 bits per heavy atom. The van der Waals surface area contributed by atoms with E-state index >= 15 is 0 Å². The Balaban J connectivity index is 1.71. The van der Waals surface area contributed by atoms with Gasteiger partial charge < -0.3 is 19.9 Å². The zero-order valence-electron chi connectivity index (χ0n) is 16.5. The molecule has 0 spiro atoms. The highest BCUT2D eigenvalue weighted by atomic mass is 16.5. The van der Waals surface area contributed by atoms with Gasteiger partial charge in [0.05, 0.1) is 24.6 Å². The second-order valence-electron chi connectivity index (χ2n) is 6.96. The van der Waals surface area contributed by atoms with E-state index in [1.54, 1.807) is 0 Å². The number of rotatable bonds is 6. The maximum Gasteiger partial charge on any atom is 0.240 e. The van der Waals surface area contributed by atoms with Gasteiger partial charge in [-0.1, -0.05) is 42.0 Å². The van der Waals surface area contributed by atoms with Crippen molar-refractivity contribution in [2.45, 2.75) is 20.4 Å². The minimum Gasteiger partial charge on any atom is -0.378 e. The molecule has 1 fully saturated rings. The molecule has 0 radical (unpaired) electrons. The number of amides is 2. The SMILES string of the molecule is CC(=O)N(CC(=O)NCc1cccc(C)c1)c1ccccc1N1CCOCC1. The number of anilines is 2. The van der Waals surface area contributed by atoms with Crippen molar-refractivity contribution in [2.24, 2.45) is 0 Å². The van der Waals surface area contributed by atoms with Crippen LogP contribution in [0, 0.1) is 6.92 Å². The normalized spacial score (nSPS) is 13.9. The number of nitrogens with zero attached hydrogens (tertiary/aromatic N) is 2. The number of ether oxygens (including phenoxy) is 1. The Morgan fingerprint density at radius 1 is 1.11 bits per heavy atom. The lowest BCUT2D eigenvalue weighted by molar-refractivity contribution is -0.123. The fraction of sp³-hybridized carbons (Fsp3) is 0.364. The van der Waals surface area contributed by atoms with Crippen LogP contribution in [0.4, 0.5) is 11.4 Å². The number of para-hydroxylation sites is 2. The molecule has 6 nitrogen and oxygen atoms in total. The van der Waals surface area contributed by atoms with Crippen molar-refractivity contribution in [1.82, 2.24) is 5.32 Å². The Morgan fingerprint density at radius 2 is 1.86 bits per heavy atom. The lowest BCUT2D eigenvalue weighted by Gasteiger charge is -2.33. The summed E-state index contributed by atoms with van der Waals surface area (Å²) >= 11 is 0. The van der Waals surface area contributed by atoms with E-state index in [4.69, 9.17) is 4.74 Å². The van der Waals surface area contributed by atoms with Crippen LogP contribution in [0.5, 0.6) is 0 Å². The number of morpholine rings is 1. The Kier molecular flexibility index (Phi) is 6.66. The van der Waals surface area contributed by atoms with Gasteiger partial charge in [-0.3, -0.25) is 9.59 Å². The summed E-state index contributed by atoms with van der Waals surface area (Å²) in [5.41, 5.74) is 3.89. The fourth-order valence-electron chi connectivity index (χ4n) is 3.35. The van der Waals surface area contributed by atoms with E-state index in [0.717, 1.165) is 35.6 Å². The van der Waals surface area contributed by atoms with Crippen LogP contribution in [0.25, 0.3) is 0 Å². The molecule has 1 N–H and O–H groups in total. The summed E-state index contributed by atoms with van der Waals surface area (Å²) < 4.78 is 5.43. The van der Waals surface area contributed by atoms with Crippen LogP contribution in [0.3, 0.4) is 0 Å². The van der Waals surface area contributed by atoms with Gasteiger partial charge >= 0.3 is 0 Å². The predicted octanol–water partition coefficient (Wildman–Crippen LogP) is 2.50. The average Bonchev–Trinajstić information content (AvgIpc) is 2.71. The summed E-state index contributed by atoms with van der Waals surface area (Å²) in [5.74, 6) is -0.347. The van der Waals surface area contributed by atoms with Crippen molar-refractivity contribution in [3.63, 3.8) is 0 Å². The van der Waals surface area contributed by atoms with Gasteiger partial charge in [0.15, 0.2) is 0 Å². The van der Waals surface area contributed by atoms with E-state index in [2.05, 4.69) is 10.2 Å². The maximum absolute atomic E-state index is 12.5. The second-order valence-corrected chi connectivity index (χ2v) is 6.96. The number of nitrogens with one attached hydrogen (secondary N) is 1. The predicted molar refractivity (Wildman–Crippen MR) is 111 cm³/mol. The van der Waals surface area contributed by atoms with Gasteiger partial charge in [-0.05, 0) is 24.6 Å². The molecule has 3 rings (SSSR count). The molecule has 148 valence electrons. The minimum absolute atomic E-state index is 0.0114. The van der Waals surface area contributed by atoms with Gasteiger partial charge in [-0.15, -0.1) is 0 Å². The van der Waals surface area contributed by atoms with E-state index in [-0.39, 0.29) is 18.4 Å². The molecule has 1 aliphatic heterocycles. The molecule has 0 unspecified atom stereocenters. The third-order valence-corrected chi connectivity index (χ3v) is 4.78. The van der Waals surface area contributed by atoms with Crippen LogP contribution in [-0.4, -0.2) is 44.7 Å². The minimum atomic E-state index is -0.187. The molecule has 2 amide bonds. The van der Waals surface area contributed by atoms with Crippen LogP contribution in [0.15, 0.2) is 48.5 Å². The van der Waals surface area contributed by atoms with Crippen molar-refractivity contribution in [1.29, 1.82) is 0 Å². The van der Waals surface area contributed by atoms with E-state index in [9.17, 15) is 9.59 Å². The first kappa shape index (κ1) is 19.9. The van der Waals surface area contributed by atoms with E-state index in [1.165, 1.54) is 11.8 Å². The standard InChI is InChI=1S/C22H27N3O3/c1-17-6-5-7-19(14-17)15-23-22(27)16-25(18(2)26)21-9-4-3-8-20(21)24-10-12-28-13-11-24/h3-9,14H,10-13,15-16H2,1-2H3,(H,23,27). The van der Waals surface area contributed by atoms with Crippen molar-refractivity contribution < 1.29 is 14.3 Å². The summed E-state index contributed by atoms with van der Waals surface area (Å²) in [7, 11) is 0. The van der Waals surface area contributed by atoms with Crippen LogP contribution < -0.4 is 15.1 Å². The Hall–Kier alpha value is -2.86. The Labute approximate surface area is 166 Å². The number of carbonyl (C=O) groups is 2. The Bertz CT molecular complexity index is 831. The molecule has 0 atom stereocenters. The van der Waals surface area contributed by atoms with Crippen LogP contribution in [-0.2, 0) is 20.9 Å². The van der Waals surface area contributed by atoms with Gasteiger partial charge in [0, 0.05) is 26.6 Å². The highest BCUT2D eigenvalue weighted by Crippen LogP contribution is 2.30. The highest BCUT2D eigenvalue weighted by Gasteiger charge is 2.22. The second kappa shape index (κ2) is 9.37. The number of hydrogen-bond donors (Lipinski definition) is 1. The molecule has 0 aromatic heterocycles. The zero-order chi connectivity index (χ0) is 19.9. The topological polar surface area (TPSA) is 61.9 Å². The molecule has 1 heterocycles. The van der Waals surface area contributed by atoms with Gasteiger partial charge in [0.25, 0.3) is 0 Å². The molecule has 1 aliphatic rings. The molecule has 6 heteroatoms. The number of carbonyl (C=O) groups excluding carboxylic acids is 2. The third-order valence-electron chi connectivity index (χ3n) is 4.78. The zero-order valence-corrected chi connectivity index (χ0v) is 16.5. The van der Waals surface area contributed by atoms with Crippen LogP contribution in [0.1, 0.15) is 18.1 Å². The highest BCUT2D eigenvalue weighted by molar-refractivity contribution is 6.00. The summed E-state index contributed by atoms with van der Waals surface area (Å²) in [6.45, 7) is 6.79. The van der Waals surface area contributed by atoms with Crippen molar-refractivity contribution in [2.75, 3.05) is 42.6 Å². The fourth-order valence-corrected chi connectivity index (χ4v) is 3.35. The quantitative estimate of drug-likeness (QED) is 0.835. The van der Waals surface area contributed by atoms with Crippen LogP contribution in [0.2, 0.25) is 0 Å². The lowest BCUT2D eigenvalue weighted by Crippen LogP contribution is -2.42. The third kappa shape index (κ3) is 5.10. The van der Waals surface area contributed by atoms with Crippen molar-refractivity contribution >= 4 is 23.2 Å². The molecule has 28 heavy (non-hydrogen) atoms. The van der Waals surface area contributed by atoms with Gasteiger partial charge in [-0.2, -0.15) is 0 Å². The number of benzene rings is 2. The monoisotopic (exact) mass is 381 g/mol. The summed E-state index contributed by atoms with van der Waals surface area (Å²) in [4.78, 5) is 28.6. The largest absolute Gasteiger partial charge is 0.378 e. The molecule has 1 saturated heterocycles. The average molecular weight is 381 g/mol. The van der Waals surface area contributed by atoms with Gasteiger partial charge in [0.1, 0.15) is 6.54 Å². The first-order valence-electron chi connectivity index (χ1n) is 9.56. The maximum atomic E-state index is 12.5. The van der Waals surface area contributed by atoms with Crippen LogP contribution >= 0.6 is 0 Å². The van der Waals surface area contributed by atoms with Gasteiger partial charge in [0.2, 0.25) is 11.8 Å². The molecule has 0 aliphatic carbocycles. The number of aryl methyl sites for hydroxylation is 1. The molecular formula is C22H27N3O3. The van der Waals surface area contributed by atoms with Gasteiger partial charge in [-0.25, -0.2) is 0 Å². The van der Waals surface area contributed by atoms with E-state index < -0.39 is 0 Å². The first-order chi connectivity index (χ1) is 13.5. The molecule has 0 bridgehead atoms. The van der Waals surface area contributed by atoms with Crippen molar-refractivity contribution in [3.8, 4) is 0 Å². The van der Waals surface area contributed by atoms with E-state index in [0.29, 0.717) is 19.8 Å². The van der Waals surface area contributed by atoms with Crippen molar-refractivity contribution in [3.05, 3.63) is 59.7 Å². The summed E-state index contributed by atoms with van der Waals surface area (Å²) in [6.07, 6.45) is 0. The molecule has 2 aromatic rings.